The first kappa shape index (κ1) is 17.7. The van der Waals surface area contributed by atoms with Crippen LogP contribution in [0.4, 0.5) is 0 Å². The average Bonchev–Trinajstić information content (AvgIpc) is 3.27. The second-order valence-corrected chi connectivity index (χ2v) is 7.26. The number of hydrogen-bond acceptors (Lipinski definition) is 4. The fourth-order valence-electron chi connectivity index (χ4n) is 3.49. The fourth-order valence-corrected chi connectivity index (χ4v) is 3.49. The number of amides is 1. The lowest BCUT2D eigenvalue weighted by atomic mass is 10.2. The van der Waals surface area contributed by atoms with E-state index in [0.29, 0.717) is 12.2 Å². The van der Waals surface area contributed by atoms with Gasteiger partial charge in [-0.25, -0.2) is 4.98 Å². The number of hydrogen-bond donors (Lipinski definition) is 1. The molecule has 3 aromatic heterocycles. The molecule has 0 saturated heterocycles. The number of rotatable bonds is 6. The summed E-state index contributed by atoms with van der Waals surface area (Å²) in [6.45, 7) is 8.69. The number of nitrogens with zero attached hydrogens (tertiary/aromatic N) is 5. The second-order valence-electron chi connectivity index (χ2n) is 7.26. The van der Waals surface area contributed by atoms with Crippen molar-refractivity contribution in [1.29, 1.82) is 0 Å². The van der Waals surface area contributed by atoms with Crippen molar-refractivity contribution in [3.8, 4) is 0 Å². The molecule has 1 amide bonds. The summed E-state index contributed by atoms with van der Waals surface area (Å²) in [6, 6.07) is 6.06. The third kappa shape index (κ3) is 3.88. The smallest absolute Gasteiger partial charge is 0.271 e. The highest BCUT2D eigenvalue weighted by Gasteiger charge is 2.18. The van der Waals surface area contributed by atoms with Crippen LogP contribution in [0.5, 0.6) is 0 Å². The van der Waals surface area contributed by atoms with Crippen molar-refractivity contribution in [3.63, 3.8) is 0 Å². The maximum absolute atomic E-state index is 12.5. The minimum Gasteiger partial charge on any atom is -0.345 e. The summed E-state index contributed by atoms with van der Waals surface area (Å²) in [7, 11) is 0. The molecule has 4 rings (SSSR count). The van der Waals surface area contributed by atoms with Gasteiger partial charge >= 0.3 is 0 Å². The Balaban J connectivity index is 1.38. The maximum atomic E-state index is 12.5. The van der Waals surface area contributed by atoms with Crippen LogP contribution >= 0.6 is 0 Å². The normalized spacial score (nSPS) is 14.4. The molecule has 0 radical (unpaired) electrons. The van der Waals surface area contributed by atoms with Crippen molar-refractivity contribution in [3.05, 3.63) is 53.2 Å². The number of aryl methyl sites for hydroxylation is 1. The Labute approximate surface area is 159 Å². The molecule has 0 aliphatic carbocycles. The molecule has 1 aliphatic rings. The van der Waals surface area contributed by atoms with Gasteiger partial charge in [-0.2, -0.15) is 5.10 Å². The molecule has 27 heavy (non-hydrogen) atoms. The molecule has 0 aromatic carbocycles. The van der Waals surface area contributed by atoms with Gasteiger partial charge in [-0.1, -0.05) is 13.3 Å². The maximum Gasteiger partial charge on any atom is 0.271 e. The van der Waals surface area contributed by atoms with E-state index < -0.39 is 0 Å². The van der Waals surface area contributed by atoms with E-state index in [2.05, 4.69) is 38.0 Å². The van der Waals surface area contributed by atoms with Crippen molar-refractivity contribution >= 4 is 11.6 Å². The number of unbranched alkanes of at least 4 members (excludes halogenated alkanes) is 1. The Hall–Kier alpha value is -2.67. The first-order valence-corrected chi connectivity index (χ1v) is 9.64. The number of carbonyl (C=O) groups excluding carboxylic acids is 1. The second kappa shape index (κ2) is 7.52. The molecular weight excluding hydrogens is 340 g/mol. The molecule has 0 fully saturated rings. The zero-order valence-corrected chi connectivity index (χ0v) is 16.0. The van der Waals surface area contributed by atoms with Gasteiger partial charge in [0.15, 0.2) is 0 Å². The van der Waals surface area contributed by atoms with Gasteiger partial charge in [-0.3, -0.25) is 14.4 Å². The van der Waals surface area contributed by atoms with Crippen LogP contribution in [0.15, 0.2) is 30.6 Å². The van der Waals surface area contributed by atoms with E-state index in [1.807, 2.05) is 29.7 Å². The summed E-state index contributed by atoms with van der Waals surface area (Å²) in [4.78, 5) is 19.3. The van der Waals surface area contributed by atoms with Gasteiger partial charge in [0.1, 0.15) is 11.3 Å². The van der Waals surface area contributed by atoms with Crippen molar-refractivity contribution < 1.29 is 4.79 Å². The van der Waals surface area contributed by atoms with E-state index in [-0.39, 0.29) is 5.91 Å². The lowest BCUT2D eigenvalue weighted by molar-refractivity contribution is 0.0946. The molecule has 0 unspecified atom stereocenters. The predicted octanol–water partition coefficient (Wildman–Crippen LogP) is 2.38. The highest BCUT2D eigenvalue weighted by Crippen LogP contribution is 2.14. The van der Waals surface area contributed by atoms with E-state index in [0.717, 1.165) is 43.1 Å². The third-order valence-electron chi connectivity index (χ3n) is 5.03. The largest absolute Gasteiger partial charge is 0.345 e. The quantitative estimate of drug-likeness (QED) is 0.727. The summed E-state index contributed by atoms with van der Waals surface area (Å²) >= 11 is 0. The fraction of sp³-hybridized carbons (Fsp3) is 0.450. The molecule has 0 spiro atoms. The first-order valence-electron chi connectivity index (χ1n) is 9.64. The van der Waals surface area contributed by atoms with Crippen molar-refractivity contribution in [2.24, 2.45) is 0 Å². The van der Waals surface area contributed by atoms with Crippen LogP contribution in [0.2, 0.25) is 0 Å². The van der Waals surface area contributed by atoms with Crippen LogP contribution in [0, 0.1) is 6.92 Å². The zero-order chi connectivity index (χ0) is 18.8. The molecule has 1 aliphatic heterocycles. The molecule has 0 atom stereocenters. The van der Waals surface area contributed by atoms with E-state index >= 15 is 0 Å². The Morgan fingerprint density at radius 1 is 1.30 bits per heavy atom. The Bertz CT molecular complexity index is 957. The van der Waals surface area contributed by atoms with E-state index in [4.69, 9.17) is 0 Å². The van der Waals surface area contributed by atoms with Crippen LogP contribution < -0.4 is 5.32 Å². The topological polar surface area (TPSA) is 67.5 Å². The molecular formula is C20H26N6O. The SMILES string of the molecule is CCCCN1CCn2nc(CNC(=O)c3cn4ccc(C)cc4n3)cc2C1. The molecule has 142 valence electrons. The first-order chi connectivity index (χ1) is 13.1. The van der Waals surface area contributed by atoms with Crippen LogP contribution in [-0.4, -0.2) is 43.1 Å². The summed E-state index contributed by atoms with van der Waals surface area (Å²) in [5, 5.41) is 7.58. The lowest BCUT2D eigenvalue weighted by Gasteiger charge is -2.27. The van der Waals surface area contributed by atoms with Crippen molar-refractivity contribution in [2.45, 2.75) is 46.3 Å². The monoisotopic (exact) mass is 366 g/mol. The lowest BCUT2D eigenvalue weighted by Crippen LogP contribution is -2.34. The molecule has 7 heteroatoms. The number of nitrogens with one attached hydrogen (secondary N) is 1. The van der Waals surface area contributed by atoms with Gasteiger partial charge in [-0.05, 0) is 43.7 Å². The number of carbonyl (C=O) groups is 1. The molecule has 7 nitrogen and oxygen atoms in total. The van der Waals surface area contributed by atoms with Gasteiger partial charge in [0.2, 0.25) is 0 Å². The number of fused-ring (bicyclic) bond motifs is 2. The summed E-state index contributed by atoms with van der Waals surface area (Å²) in [5.74, 6) is -0.174. The van der Waals surface area contributed by atoms with Crippen LogP contribution in [0.3, 0.4) is 0 Å². The predicted molar refractivity (Wildman–Crippen MR) is 104 cm³/mol. The molecule has 1 N–H and O–H groups in total. The van der Waals surface area contributed by atoms with Crippen molar-refractivity contribution in [1.82, 2.24) is 29.4 Å². The molecule has 4 heterocycles. The van der Waals surface area contributed by atoms with Gasteiger partial charge < -0.3 is 9.72 Å². The van der Waals surface area contributed by atoms with E-state index in [1.165, 1.54) is 18.5 Å². The van der Waals surface area contributed by atoms with Gasteiger partial charge in [-0.15, -0.1) is 0 Å². The van der Waals surface area contributed by atoms with E-state index in [9.17, 15) is 4.79 Å². The number of imidazole rings is 1. The van der Waals surface area contributed by atoms with Gasteiger partial charge in [0.25, 0.3) is 5.91 Å². The Kier molecular flexibility index (Phi) is 4.94. The molecule has 0 saturated carbocycles. The van der Waals surface area contributed by atoms with Gasteiger partial charge in [0, 0.05) is 25.5 Å². The van der Waals surface area contributed by atoms with Crippen LogP contribution in [0.25, 0.3) is 5.65 Å². The molecule has 0 bridgehead atoms. The number of aromatic nitrogens is 4. The minimum atomic E-state index is -0.174. The number of pyridine rings is 1. The van der Waals surface area contributed by atoms with E-state index in [1.54, 1.807) is 6.20 Å². The van der Waals surface area contributed by atoms with Crippen molar-refractivity contribution in [2.75, 3.05) is 13.1 Å². The minimum absolute atomic E-state index is 0.174. The highest BCUT2D eigenvalue weighted by atomic mass is 16.1. The van der Waals surface area contributed by atoms with Crippen LogP contribution in [-0.2, 0) is 19.6 Å². The zero-order valence-electron chi connectivity index (χ0n) is 16.0. The average molecular weight is 366 g/mol. The highest BCUT2D eigenvalue weighted by molar-refractivity contribution is 5.92. The standard InChI is InChI=1S/C20H26N6O/c1-3-4-6-24-8-9-26-17(13-24)11-16(23-26)12-21-20(27)18-14-25-7-5-15(2)10-19(25)22-18/h5,7,10-11,14H,3-4,6,8-9,12-13H2,1-2H3,(H,21,27). The Morgan fingerprint density at radius 3 is 3.04 bits per heavy atom. The Morgan fingerprint density at radius 2 is 2.19 bits per heavy atom. The molecule has 3 aromatic rings. The van der Waals surface area contributed by atoms with Gasteiger partial charge in [0.05, 0.1) is 24.5 Å². The summed E-state index contributed by atoms with van der Waals surface area (Å²) < 4.78 is 3.93. The summed E-state index contributed by atoms with van der Waals surface area (Å²) in [6.07, 6.45) is 6.13. The third-order valence-corrected chi connectivity index (χ3v) is 5.03. The summed E-state index contributed by atoms with van der Waals surface area (Å²) in [5.41, 5.74) is 4.46. The van der Waals surface area contributed by atoms with Crippen LogP contribution in [0.1, 0.15) is 47.2 Å².